The van der Waals surface area contributed by atoms with Crippen molar-refractivity contribution in [1.29, 1.82) is 0 Å². The predicted octanol–water partition coefficient (Wildman–Crippen LogP) is 3.19. The third-order valence-electron chi connectivity index (χ3n) is 3.42. The van der Waals surface area contributed by atoms with Gasteiger partial charge < -0.3 is 9.26 Å². The first-order chi connectivity index (χ1) is 12.0. The predicted molar refractivity (Wildman–Crippen MR) is 91.5 cm³/mol. The molecule has 1 aromatic carbocycles. The van der Waals surface area contributed by atoms with Crippen LogP contribution in [0, 0.1) is 6.92 Å². The zero-order valence-electron chi connectivity index (χ0n) is 13.6. The van der Waals surface area contributed by atoms with Crippen molar-refractivity contribution in [3.05, 3.63) is 58.7 Å². The number of ether oxygens (including phenoxy) is 1. The molecule has 8 heteroatoms. The number of aryl methyl sites for hydroxylation is 2. The van der Waals surface area contributed by atoms with Gasteiger partial charge in [-0.3, -0.25) is 4.68 Å². The fraction of sp³-hybridized carbons (Fsp3) is 0.176. The molecule has 0 unspecified atom stereocenters. The van der Waals surface area contributed by atoms with Crippen LogP contribution in [0.2, 0.25) is 5.15 Å². The molecule has 0 aliphatic heterocycles. The quantitative estimate of drug-likeness (QED) is 0.514. The lowest BCUT2D eigenvalue weighted by atomic mass is 10.2. The lowest BCUT2D eigenvalue weighted by Gasteiger charge is -1.97. The van der Waals surface area contributed by atoms with Gasteiger partial charge in [0, 0.05) is 24.3 Å². The molecule has 2 heterocycles. The lowest BCUT2D eigenvalue weighted by molar-refractivity contribution is -0.139. The molecule has 0 saturated heterocycles. The third kappa shape index (κ3) is 3.95. The maximum atomic E-state index is 11.8. The van der Waals surface area contributed by atoms with Crippen molar-refractivity contribution >= 4 is 23.6 Å². The normalized spacial score (nSPS) is 11.2. The molecule has 25 heavy (non-hydrogen) atoms. The molecule has 0 bridgehead atoms. The minimum atomic E-state index is -0.543. The van der Waals surface area contributed by atoms with E-state index in [1.165, 1.54) is 10.8 Å². The van der Waals surface area contributed by atoms with E-state index in [0.29, 0.717) is 16.5 Å². The van der Waals surface area contributed by atoms with Gasteiger partial charge in [-0.25, -0.2) is 4.79 Å². The van der Waals surface area contributed by atoms with Crippen LogP contribution in [0.1, 0.15) is 17.1 Å². The van der Waals surface area contributed by atoms with E-state index in [1.807, 2.05) is 30.3 Å². The molecule has 7 nitrogen and oxygen atoms in total. The van der Waals surface area contributed by atoms with Crippen molar-refractivity contribution < 1.29 is 14.1 Å². The molecule has 0 N–H and O–H groups in total. The van der Waals surface area contributed by atoms with Gasteiger partial charge >= 0.3 is 5.97 Å². The second-order valence-corrected chi connectivity index (χ2v) is 5.59. The Hall–Kier alpha value is -2.93. The number of esters is 1. The molecule has 0 radical (unpaired) electrons. The summed E-state index contributed by atoms with van der Waals surface area (Å²) in [6.07, 6.45) is 2.85. The number of halogens is 1. The van der Waals surface area contributed by atoms with Gasteiger partial charge in [0.2, 0.25) is 5.82 Å². The van der Waals surface area contributed by atoms with Crippen LogP contribution in [-0.2, 0) is 23.2 Å². The largest absolute Gasteiger partial charge is 0.452 e. The SMILES string of the molecule is Cc1nn(C)c(Cl)c1/C=C/C(=O)OCc1nc(-c2ccccc2)no1. The van der Waals surface area contributed by atoms with Gasteiger partial charge in [0.05, 0.1) is 5.69 Å². The number of carbonyl (C=O) groups is 1. The summed E-state index contributed by atoms with van der Waals surface area (Å²) in [6, 6.07) is 9.38. The molecule has 3 aromatic rings. The highest BCUT2D eigenvalue weighted by atomic mass is 35.5. The standard InChI is InChI=1S/C17H15ClN4O3/c1-11-13(16(18)22(2)20-11)8-9-15(23)24-10-14-19-17(21-25-14)12-6-4-3-5-7-12/h3-9H,10H2,1-2H3/b9-8+. The third-order valence-corrected chi connectivity index (χ3v) is 3.87. The van der Waals surface area contributed by atoms with E-state index in [-0.39, 0.29) is 12.5 Å². The Labute approximate surface area is 148 Å². The average Bonchev–Trinajstić information content (AvgIpc) is 3.18. The maximum absolute atomic E-state index is 11.8. The van der Waals surface area contributed by atoms with E-state index < -0.39 is 5.97 Å². The van der Waals surface area contributed by atoms with E-state index in [4.69, 9.17) is 20.9 Å². The Morgan fingerprint density at radius 1 is 1.36 bits per heavy atom. The smallest absolute Gasteiger partial charge is 0.331 e. The number of hydrogen-bond donors (Lipinski definition) is 0. The lowest BCUT2D eigenvalue weighted by Crippen LogP contribution is -2.01. The van der Waals surface area contributed by atoms with E-state index in [1.54, 1.807) is 20.0 Å². The van der Waals surface area contributed by atoms with Crippen LogP contribution >= 0.6 is 11.6 Å². The molecular formula is C17H15ClN4O3. The highest BCUT2D eigenvalue weighted by Gasteiger charge is 2.11. The minimum absolute atomic E-state index is 0.108. The van der Waals surface area contributed by atoms with Crippen LogP contribution in [0.3, 0.4) is 0 Å². The number of aromatic nitrogens is 4. The maximum Gasteiger partial charge on any atom is 0.331 e. The van der Waals surface area contributed by atoms with Crippen molar-refractivity contribution in [2.75, 3.05) is 0 Å². The number of benzene rings is 1. The van der Waals surface area contributed by atoms with Crippen LogP contribution in [0.15, 0.2) is 40.9 Å². The van der Waals surface area contributed by atoms with E-state index >= 15 is 0 Å². The monoisotopic (exact) mass is 358 g/mol. The Morgan fingerprint density at radius 3 is 2.80 bits per heavy atom. The van der Waals surface area contributed by atoms with Crippen molar-refractivity contribution in [1.82, 2.24) is 19.9 Å². The number of carbonyl (C=O) groups excluding carboxylic acids is 1. The molecule has 0 atom stereocenters. The second kappa shape index (κ2) is 7.31. The fourth-order valence-electron chi connectivity index (χ4n) is 2.19. The van der Waals surface area contributed by atoms with Gasteiger partial charge in [-0.15, -0.1) is 0 Å². The van der Waals surface area contributed by atoms with Gasteiger partial charge in [0.25, 0.3) is 5.89 Å². The molecular weight excluding hydrogens is 344 g/mol. The topological polar surface area (TPSA) is 83.0 Å². The Morgan fingerprint density at radius 2 is 2.12 bits per heavy atom. The summed E-state index contributed by atoms with van der Waals surface area (Å²) in [4.78, 5) is 16.0. The van der Waals surface area contributed by atoms with Crippen LogP contribution in [-0.4, -0.2) is 25.9 Å². The van der Waals surface area contributed by atoms with Crippen molar-refractivity contribution in [2.45, 2.75) is 13.5 Å². The summed E-state index contributed by atoms with van der Waals surface area (Å²) >= 11 is 6.10. The van der Waals surface area contributed by atoms with E-state index in [2.05, 4.69) is 15.2 Å². The Kier molecular flexibility index (Phi) is 4.95. The Balaban J connectivity index is 1.59. The van der Waals surface area contributed by atoms with E-state index in [9.17, 15) is 4.79 Å². The fourth-order valence-corrected chi connectivity index (χ4v) is 2.42. The molecule has 0 fully saturated rings. The van der Waals surface area contributed by atoms with Gasteiger partial charge in [-0.1, -0.05) is 47.1 Å². The molecule has 128 valence electrons. The van der Waals surface area contributed by atoms with Crippen LogP contribution in [0.5, 0.6) is 0 Å². The molecule has 3 rings (SSSR count). The van der Waals surface area contributed by atoms with Gasteiger partial charge in [0.1, 0.15) is 5.15 Å². The summed E-state index contributed by atoms with van der Waals surface area (Å²) in [6.45, 7) is 1.70. The first kappa shape index (κ1) is 16.9. The van der Waals surface area contributed by atoms with Crippen LogP contribution < -0.4 is 0 Å². The van der Waals surface area contributed by atoms with Crippen molar-refractivity contribution in [2.24, 2.45) is 7.05 Å². The number of rotatable bonds is 5. The first-order valence-electron chi connectivity index (χ1n) is 7.46. The zero-order chi connectivity index (χ0) is 17.8. The molecule has 0 aliphatic rings. The van der Waals surface area contributed by atoms with Gasteiger partial charge in [0.15, 0.2) is 6.61 Å². The first-order valence-corrected chi connectivity index (χ1v) is 7.84. The molecule has 0 spiro atoms. The molecule has 0 amide bonds. The van der Waals surface area contributed by atoms with Gasteiger partial charge in [-0.05, 0) is 13.0 Å². The summed E-state index contributed by atoms with van der Waals surface area (Å²) in [5.74, 6) is 0.120. The zero-order valence-corrected chi connectivity index (χ0v) is 14.4. The second-order valence-electron chi connectivity index (χ2n) is 5.23. The van der Waals surface area contributed by atoms with Crippen molar-refractivity contribution in [3.63, 3.8) is 0 Å². The average molecular weight is 359 g/mol. The van der Waals surface area contributed by atoms with Crippen molar-refractivity contribution in [3.8, 4) is 11.4 Å². The van der Waals surface area contributed by atoms with Crippen LogP contribution in [0.4, 0.5) is 0 Å². The summed E-state index contributed by atoms with van der Waals surface area (Å²) in [7, 11) is 1.73. The van der Waals surface area contributed by atoms with E-state index in [0.717, 1.165) is 11.3 Å². The number of nitrogens with zero attached hydrogens (tertiary/aromatic N) is 4. The summed E-state index contributed by atoms with van der Waals surface area (Å²) in [5, 5.41) is 8.47. The Bertz CT molecular complexity index is 915. The molecule has 0 aliphatic carbocycles. The minimum Gasteiger partial charge on any atom is -0.452 e. The summed E-state index contributed by atoms with van der Waals surface area (Å²) < 4.78 is 11.7. The molecule has 0 saturated carbocycles. The summed E-state index contributed by atoms with van der Waals surface area (Å²) in [5.41, 5.74) is 2.22. The van der Waals surface area contributed by atoms with Gasteiger partial charge in [-0.2, -0.15) is 10.1 Å². The number of hydrogen-bond acceptors (Lipinski definition) is 6. The van der Waals surface area contributed by atoms with Crippen LogP contribution in [0.25, 0.3) is 17.5 Å². The highest BCUT2D eigenvalue weighted by molar-refractivity contribution is 6.31. The highest BCUT2D eigenvalue weighted by Crippen LogP contribution is 2.20. The molecule has 2 aromatic heterocycles.